The number of carbonyl (C=O) groups excluding carboxylic acids is 1. The van der Waals surface area contributed by atoms with E-state index in [1.54, 1.807) is 17.0 Å². The number of rotatable bonds is 6. The molecule has 3 aromatic rings. The molecule has 1 amide bonds. The summed E-state index contributed by atoms with van der Waals surface area (Å²) >= 11 is 0. The van der Waals surface area contributed by atoms with Crippen molar-refractivity contribution in [2.45, 2.75) is 38.1 Å². The Morgan fingerprint density at radius 3 is 2.21 bits per heavy atom. The van der Waals surface area contributed by atoms with E-state index in [1.165, 1.54) is 15.3 Å². The minimum atomic E-state index is -3.38. The van der Waals surface area contributed by atoms with Crippen molar-refractivity contribution in [2.24, 2.45) is 0 Å². The van der Waals surface area contributed by atoms with Crippen LogP contribution in [0, 0.1) is 11.6 Å². The maximum Gasteiger partial charge on any atom is 0.377 e. The van der Waals surface area contributed by atoms with E-state index in [-0.39, 0.29) is 37.4 Å². The van der Waals surface area contributed by atoms with Gasteiger partial charge in [0.05, 0.1) is 17.5 Å². The molecule has 1 saturated heterocycles. The smallest absolute Gasteiger partial charge is 0.377 e. The van der Waals surface area contributed by atoms with Gasteiger partial charge in [-0.3, -0.25) is 4.90 Å². The highest BCUT2D eigenvalue weighted by molar-refractivity contribution is 7.88. The second kappa shape index (κ2) is 11.6. The molecule has 0 bridgehead atoms. The zero-order chi connectivity index (χ0) is 30.2. The first-order valence-corrected chi connectivity index (χ1v) is 15.2. The van der Waals surface area contributed by atoms with Gasteiger partial charge in [-0.25, -0.2) is 31.6 Å². The largest absolute Gasteiger partial charge is 0.478 e. The molecule has 42 heavy (non-hydrogen) atoms. The van der Waals surface area contributed by atoms with Gasteiger partial charge in [0.15, 0.2) is 11.6 Å². The fourth-order valence-corrected chi connectivity index (χ4v) is 6.32. The zero-order valence-corrected chi connectivity index (χ0v) is 23.5. The molecule has 1 aromatic heterocycles. The van der Waals surface area contributed by atoms with E-state index in [0.29, 0.717) is 27.9 Å². The molecule has 2 fully saturated rings. The van der Waals surface area contributed by atoms with Crippen LogP contribution in [0.25, 0.3) is 5.69 Å². The number of aromatic nitrogens is 4. The van der Waals surface area contributed by atoms with Crippen LogP contribution in [-0.4, -0.2) is 88.1 Å². The van der Waals surface area contributed by atoms with Gasteiger partial charge in [-0.05, 0) is 53.6 Å². The van der Waals surface area contributed by atoms with Gasteiger partial charge < -0.3 is 10.0 Å². The van der Waals surface area contributed by atoms with E-state index < -0.39 is 51.1 Å². The number of carbonyl (C=O) groups is 2. The number of benzene rings is 2. The highest BCUT2D eigenvalue weighted by Gasteiger charge is 2.33. The van der Waals surface area contributed by atoms with Gasteiger partial charge >= 0.3 is 17.7 Å². The predicted octanol–water partition coefficient (Wildman–Crippen LogP) is 2.29. The number of anilines is 2. The van der Waals surface area contributed by atoms with E-state index in [2.05, 4.69) is 10.4 Å². The molecule has 1 aliphatic carbocycles. The van der Waals surface area contributed by atoms with Gasteiger partial charge in [-0.2, -0.15) is 8.99 Å². The van der Waals surface area contributed by atoms with E-state index in [0.717, 1.165) is 43.7 Å². The Morgan fingerprint density at radius 2 is 1.62 bits per heavy atom. The standard InChI is InChI=1S/C26H29F2N7O6S/c1-42(40,41)32-14-12-31(13-15-32)22-11-10-18(16-19(22)24(36)37)33(17-6-3-2-4-7-17)25(38)35-26(39)34(29-30-35)23-20(27)8-5-9-21(23)28/h5,8-11,16-17H,2-4,6-7,12-15H2,1H3,(H,36,37). The highest BCUT2D eigenvalue weighted by atomic mass is 32.2. The molecule has 16 heteroatoms. The van der Waals surface area contributed by atoms with E-state index in [1.807, 2.05) is 0 Å². The van der Waals surface area contributed by atoms with Crippen molar-refractivity contribution in [2.75, 3.05) is 42.2 Å². The number of para-hydroxylation sites is 1. The van der Waals surface area contributed by atoms with Crippen molar-refractivity contribution in [1.82, 2.24) is 24.1 Å². The maximum absolute atomic E-state index is 14.4. The number of hydrogen-bond donors (Lipinski definition) is 1. The van der Waals surface area contributed by atoms with Gasteiger partial charge in [0.2, 0.25) is 10.0 Å². The lowest BCUT2D eigenvalue weighted by Crippen LogP contribution is -2.49. The zero-order valence-electron chi connectivity index (χ0n) is 22.7. The van der Waals surface area contributed by atoms with Gasteiger partial charge in [-0.15, -0.1) is 4.68 Å². The van der Waals surface area contributed by atoms with E-state index >= 15 is 0 Å². The first-order valence-electron chi connectivity index (χ1n) is 13.4. The summed E-state index contributed by atoms with van der Waals surface area (Å²) in [6.07, 6.45) is 4.81. The van der Waals surface area contributed by atoms with Crippen molar-refractivity contribution in [3.05, 3.63) is 64.1 Å². The second-order valence-electron chi connectivity index (χ2n) is 10.3. The van der Waals surface area contributed by atoms with Crippen LogP contribution in [-0.2, 0) is 10.0 Å². The summed E-state index contributed by atoms with van der Waals surface area (Å²) in [7, 11) is -3.38. The molecule has 5 rings (SSSR count). The van der Waals surface area contributed by atoms with Gasteiger partial charge in [0.25, 0.3) is 0 Å². The van der Waals surface area contributed by atoms with Crippen molar-refractivity contribution in [1.29, 1.82) is 0 Å². The summed E-state index contributed by atoms with van der Waals surface area (Å²) in [5.74, 6) is -3.40. The minimum Gasteiger partial charge on any atom is -0.478 e. The SMILES string of the molecule is CS(=O)(=O)N1CCN(c2ccc(N(C(=O)n3nnn(-c4c(F)cccc4F)c3=O)C3CCCCC3)cc2C(=O)O)CC1. The van der Waals surface area contributed by atoms with Crippen molar-refractivity contribution in [3.63, 3.8) is 0 Å². The van der Waals surface area contributed by atoms with Crippen molar-refractivity contribution < 1.29 is 31.9 Å². The van der Waals surface area contributed by atoms with Crippen LogP contribution in [0.15, 0.2) is 41.2 Å². The number of sulfonamides is 1. The fraction of sp³-hybridized carbons (Fsp3) is 0.423. The average Bonchev–Trinajstić information content (AvgIpc) is 3.34. The maximum atomic E-state index is 14.4. The fourth-order valence-electron chi connectivity index (χ4n) is 5.50. The number of tetrazole rings is 1. The molecule has 1 aliphatic heterocycles. The normalized spacial score (nSPS) is 16.9. The summed E-state index contributed by atoms with van der Waals surface area (Å²) in [6.45, 7) is 0.910. The highest BCUT2D eigenvalue weighted by Crippen LogP contribution is 2.32. The predicted molar refractivity (Wildman–Crippen MR) is 148 cm³/mol. The first kappa shape index (κ1) is 29.3. The summed E-state index contributed by atoms with van der Waals surface area (Å²) < 4.78 is 54.6. The molecule has 1 N–H and O–H groups in total. The Balaban J connectivity index is 1.52. The topological polar surface area (TPSA) is 151 Å². The molecular weight excluding hydrogens is 576 g/mol. The summed E-state index contributed by atoms with van der Waals surface area (Å²) in [6, 6.07) is 6.09. The van der Waals surface area contributed by atoms with Crippen LogP contribution in [0.2, 0.25) is 0 Å². The Bertz CT molecular complexity index is 1660. The van der Waals surface area contributed by atoms with Crippen LogP contribution in [0.1, 0.15) is 42.5 Å². The van der Waals surface area contributed by atoms with Crippen LogP contribution >= 0.6 is 0 Å². The minimum absolute atomic E-state index is 0.113. The molecular formula is C26H29F2N7O6S. The number of aromatic carboxylic acids is 1. The average molecular weight is 606 g/mol. The number of piperazine rings is 1. The van der Waals surface area contributed by atoms with Gasteiger partial charge in [0, 0.05) is 37.9 Å². The van der Waals surface area contributed by atoms with Crippen LogP contribution in [0.5, 0.6) is 0 Å². The Morgan fingerprint density at radius 1 is 0.976 bits per heavy atom. The third kappa shape index (κ3) is 5.63. The summed E-state index contributed by atoms with van der Waals surface area (Å²) in [5.41, 5.74) is -1.53. The number of nitrogens with zero attached hydrogens (tertiary/aromatic N) is 7. The number of amides is 1. The lowest BCUT2D eigenvalue weighted by atomic mass is 9.93. The first-order chi connectivity index (χ1) is 20.0. The number of carboxylic acid groups (broad SMARTS) is 1. The molecule has 0 unspecified atom stereocenters. The number of halogens is 2. The molecule has 2 heterocycles. The Hall–Kier alpha value is -4.18. The lowest BCUT2D eigenvalue weighted by molar-refractivity contribution is 0.0697. The van der Waals surface area contributed by atoms with Crippen molar-refractivity contribution in [3.8, 4) is 5.69 Å². The van der Waals surface area contributed by atoms with Gasteiger partial charge in [-0.1, -0.05) is 25.3 Å². The monoisotopic (exact) mass is 605 g/mol. The van der Waals surface area contributed by atoms with Crippen LogP contribution in [0.3, 0.4) is 0 Å². The van der Waals surface area contributed by atoms with Crippen molar-refractivity contribution >= 4 is 33.4 Å². The van der Waals surface area contributed by atoms with Crippen LogP contribution < -0.4 is 15.5 Å². The molecule has 0 radical (unpaired) electrons. The lowest BCUT2D eigenvalue weighted by Gasteiger charge is -2.36. The molecule has 1 saturated carbocycles. The third-order valence-corrected chi connectivity index (χ3v) is 8.90. The molecule has 13 nitrogen and oxygen atoms in total. The van der Waals surface area contributed by atoms with Crippen LogP contribution in [0.4, 0.5) is 25.0 Å². The molecule has 2 aromatic carbocycles. The Kier molecular flexibility index (Phi) is 8.10. The number of carboxylic acids is 1. The molecule has 0 spiro atoms. The summed E-state index contributed by atoms with van der Waals surface area (Å²) in [4.78, 5) is 42.4. The number of hydrogen-bond acceptors (Lipinski definition) is 8. The third-order valence-electron chi connectivity index (χ3n) is 7.59. The molecule has 224 valence electrons. The molecule has 0 atom stereocenters. The van der Waals surface area contributed by atoms with E-state index in [9.17, 15) is 36.7 Å². The van der Waals surface area contributed by atoms with Gasteiger partial charge in [0.1, 0.15) is 5.69 Å². The second-order valence-corrected chi connectivity index (χ2v) is 12.2. The molecule has 2 aliphatic rings. The Labute approximate surface area is 239 Å². The quantitative estimate of drug-likeness (QED) is 0.418. The van der Waals surface area contributed by atoms with E-state index in [4.69, 9.17) is 0 Å². The summed E-state index contributed by atoms with van der Waals surface area (Å²) in [5, 5.41) is 17.2.